The molecule has 7 heteroatoms. The molecule has 25 heavy (non-hydrogen) atoms. The number of aryl methyl sites for hydroxylation is 1. The van der Waals surface area contributed by atoms with Crippen molar-refractivity contribution in [2.45, 2.75) is 32.2 Å². The second-order valence-corrected chi connectivity index (χ2v) is 11.1. The topological polar surface area (TPSA) is 55.8 Å². The van der Waals surface area contributed by atoms with Gasteiger partial charge in [-0.1, -0.05) is 24.3 Å². The Kier molecular flexibility index (Phi) is 6.39. The molecule has 0 atom stereocenters. The molecule has 1 fully saturated rings. The van der Waals surface area contributed by atoms with Gasteiger partial charge < -0.3 is 8.85 Å². The molecule has 1 aromatic rings. The van der Waals surface area contributed by atoms with E-state index in [-0.39, 0.29) is 0 Å². The van der Waals surface area contributed by atoms with Crippen LogP contribution < -0.4 is 0 Å². The van der Waals surface area contributed by atoms with Crippen LogP contribution in [0.4, 0.5) is 0 Å². The lowest BCUT2D eigenvalue weighted by Crippen LogP contribution is -2.37. The van der Waals surface area contributed by atoms with E-state index in [0.717, 1.165) is 16.7 Å². The lowest BCUT2D eigenvalue weighted by atomic mass is 10.2. The normalized spacial score (nSPS) is 18.2. The van der Waals surface area contributed by atoms with Gasteiger partial charge in [0, 0.05) is 26.3 Å². The molecule has 138 valence electrons. The summed E-state index contributed by atoms with van der Waals surface area (Å²) in [4.78, 5) is 0.307. The molecule has 1 saturated heterocycles. The quantitative estimate of drug-likeness (QED) is 0.681. The van der Waals surface area contributed by atoms with Crippen molar-refractivity contribution in [3.63, 3.8) is 0 Å². The van der Waals surface area contributed by atoms with Crippen molar-refractivity contribution in [1.82, 2.24) is 4.31 Å². The Bertz CT molecular complexity index is 750. The van der Waals surface area contributed by atoms with Crippen molar-refractivity contribution >= 4 is 18.6 Å². The Morgan fingerprint density at radius 3 is 2.24 bits per heavy atom. The van der Waals surface area contributed by atoms with Gasteiger partial charge in [0.25, 0.3) is 0 Å². The maximum atomic E-state index is 12.9. The Morgan fingerprint density at radius 2 is 1.72 bits per heavy atom. The summed E-state index contributed by atoms with van der Waals surface area (Å²) >= 11 is 0. The molecule has 0 aliphatic carbocycles. The molecule has 0 bridgehead atoms. The van der Waals surface area contributed by atoms with E-state index in [1.54, 1.807) is 12.1 Å². The molecule has 2 rings (SSSR count). The summed E-state index contributed by atoms with van der Waals surface area (Å²) in [6.45, 7) is 13.5. The van der Waals surface area contributed by atoms with E-state index >= 15 is 0 Å². The van der Waals surface area contributed by atoms with Crippen LogP contribution in [0.5, 0.6) is 0 Å². The fourth-order valence-corrected chi connectivity index (χ4v) is 6.60. The van der Waals surface area contributed by atoms with Crippen molar-refractivity contribution in [3.8, 4) is 0 Å². The summed E-state index contributed by atoms with van der Waals surface area (Å²) < 4.78 is 38.8. The summed E-state index contributed by atoms with van der Waals surface area (Å²) in [7, 11) is -6.01. The maximum Gasteiger partial charge on any atom is 0.362 e. The van der Waals surface area contributed by atoms with Crippen LogP contribution in [0.2, 0.25) is 6.55 Å². The van der Waals surface area contributed by atoms with Crippen LogP contribution in [0.25, 0.3) is 0 Å². The molecule has 0 amide bonds. The lowest BCUT2D eigenvalue weighted by molar-refractivity contribution is 0.200. The smallest absolute Gasteiger partial charge is 0.362 e. The lowest BCUT2D eigenvalue weighted by Gasteiger charge is -2.23. The van der Waals surface area contributed by atoms with Gasteiger partial charge in [-0.3, -0.25) is 0 Å². The van der Waals surface area contributed by atoms with Gasteiger partial charge in [-0.15, -0.1) is 0 Å². The monoisotopic (exact) mass is 381 g/mol. The van der Waals surface area contributed by atoms with Gasteiger partial charge in [-0.2, -0.15) is 4.31 Å². The van der Waals surface area contributed by atoms with Crippen LogP contribution in [-0.2, 0) is 18.9 Å². The van der Waals surface area contributed by atoms with Gasteiger partial charge in [0.05, 0.1) is 4.90 Å². The van der Waals surface area contributed by atoms with E-state index in [4.69, 9.17) is 8.85 Å². The highest BCUT2D eigenvalue weighted by Crippen LogP contribution is 2.28. The molecule has 0 saturated carbocycles. The van der Waals surface area contributed by atoms with Crippen molar-refractivity contribution in [1.29, 1.82) is 0 Å². The Morgan fingerprint density at radius 1 is 1.16 bits per heavy atom. The molecule has 1 aromatic carbocycles. The molecule has 0 unspecified atom stereocenters. The van der Waals surface area contributed by atoms with E-state index < -0.39 is 18.6 Å². The Balaban J connectivity index is 2.27. The molecule has 0 N–H and O–H groups in total. The number of sulfonamides is 1. The van der Waals surface area contributed by atoms with Gasteiger partial charge in [-0.05, 0) is 56.3 Å². The first kappa shape index (κ1) is 20.1. The van der Waals surface area contributed by atoms with E-state index in [0.29, 0.717) is 31.2 Å². The van der Waals surface area contributed by atoms with Crippen LogP contribution in [0, 0.1) is 6.92 Å². The highest BCUT2D eigenvalue weighted by atomic mass is 32.2. The first-order valence-electron chi connectivity index (χ1n) is 8.46. The predicted octanol–water partition coefficient (Wildman–Crippen LogP) is 3.17. The van der Waals surface area contributed by atoms with Gasteiger partial charge in [0.1, 0.15) is 0 Å². The zero-order chi connectivity index (χ0) is 18.7. The summed E-state index contributed by atoms with van der Waals surface area (Å²) in [6, 6.07) is 6.91. The molecule has 1 aliphatic rings. The van der Waals surface area contributed by atoms with E-state index in [1.807, 2.05) is 45.2 Å². The summed E-state index contributed by atoms with van der Waals surface area (Å²) in [5.41, 5.74) is 4.70. The highest BCUT2D eigenvalue weighted by Gasteiger charge is 2.35. The standard InChI is InChI=1S/C18H27NO4SSi/c1-6-22-25(5,23-7-2)14-17-13-19(12-16(17)4)24(20,21)18-10-8-15(3)9-11-18/h8-11,14H,4,6-7,12-13H2,1-3,5H3/b17-14-. The van der Waals surface area contributed by atoms with E-state index in [9.17, 15) is 8.42 Å². The number of hydrogen-bond donors (Lipinski definition) is 0. The zero-order valence-electron chi connectivity index (χ0n) is 15.4. The first-order valence-corrected chi connectivity index (χ1v) is 12.3. The summed E-state index contributed by atoms with van der Waals surface area (Å²) in [6.07, 6.45) is 0. The minimum atomic E-state index is -3.54. The van der Waals surface area contributed by atoms with Crippen molar-refractivity contribution in [3.05, 3.63) is 53.3 Å². The SMILES string of the molecule is C=C1CN(S(=O)(=O)c2ccc(C)cc2)C/C1=C/[Si](C)(OCC)OCC. The van der Waals surface area contributed by atoms with E-state index in [1.165, 1.54) is 4.31 Å². The molecular formula is C18H27NO4SSi. The number of rotatable bonds is 7. The molecule has 1 aliphatic heterocycles. The predicted molar refractivity (Wildman–Crippen MR) is 102 cm³/mol. The van der Waals surface area contributed by atoms with Gasteiger partial charge in [-0.25, -0.2) is 8.42 Å². The first-order chi connectivity index (χ1) is 11.7. The van der Waals surface area contributed by atoms with Crippen LogP contribution in [0.3, 0.4) is 0 Å². The van der Waals surface area contributed by atoms with Crippen LogP contribution in [0.15, 0.2) is 52.6 Å². The molecule has 0 spiro atoms. The fourth-order valence-electron chi connectivity index (χ4n) is 2.86. The Labute approximate surface area is 152 Å². The third kappa shape index (κ3) is 4.68. The van der Waals surface area contributed by atoms with Gasteiger partial charge >= 0.3 is 8.56 Å². The average Bonchev–Trinajstić information content (AvgIpc) is 2.89. The molecule has 1 heterocycles. The minimum absolute atomic E-state index is 0.296. The average molecular weight is 382 g/mol. The third-order valence-corrected chi connectivity index (χ3v) is 8.53. The molecule has 0 radical (unpaired) electrons. The molecular weight excluding hydrogens is 354 g/mol. The number of hydrogen-bond acceptors (Lipinski definition) is 4. The van der Waals surface area contributed by atoms with Crippen molar-refractivity contribution in [2.75, 3.05) is 26.3 Å². The molecule has 0 aromatic heterocycles. The summed E-state index contributed by atoms with van der Waals surface area (Å²) in [5.74, 6) is 0. The third-order valence-electron chi connectivity index (χ3n) is 4.13. The fraction of sp³-hybridized carbons (Fsp3) is 0.444. The molecule has 5 nitrogen and oxygen atoms in total. The van der Waals surface area contributed by atoms with E-state index in [2.05, 4.69) is 6.58 Å². The number of benzene rings is 1. The second-order valence-electron chi connectivity index (χ2n) is 6.24. The Hall–Kier alpha value is -1.25. The second kappa shape index (κ2) is 7.97. The number of nitrogens with zero attached hydrogens (tertiary/aromatic N) is 1. The minimum Gasteiger partial charge on any atom is -0.392 e. The van der Waals surface area contributed by atoms with Crippen LogP contribution in [0.1, 0.15) is 19.4 Å². The zero-order valence-corrected chi connectivity index (χ0v) is 17.2. The maximum absolute atomic E-state index is 12.9. The largest absolute Gasteiger partial charge is 0.392 e. The summed E-state index contributed by atoms with van der Waals surface area (Å²) in [5, 5.41) is 0. The van der Waals surface area contributed by atoms with Gasteiger partial charge in [0.2, 0.25) is 10.0 Å². The van der Waals surface area contributed by atoms with Crippen LogP contribution >= 0.6 is 0 Å². The van der Waals surface area contributed by atoms with Crippen molar-refractivity contribution in [2.24, 2.45) is 0 Å². The highest BCUT2D eigenvalue weighted by molar-refractivity contribution is 7.89. The van der Waals surface area contributed by atoms with Gasteiger partial charge in [0.15, 0.2) is 0 Å². The van der Waals surface area contributed by atoms with Crippen LogP contribution in [-0.4, -0.2) is 47.6 Å². The van der Waals surface area contributed by atoms with Crippen molar-refractivity contribution < 1.29 is 17.3 Å².